The lowest BCUT2D eigenvalue weighted by Crippen LogP contribution is -2.62. The van der Waals surface area contributed by atoms with E-state index in [4.69, 9.17) is 19.4 Å². The summed E-state index contributed by atoms with van der Waals surface area (Å²) in [5, 5.41) is 10.7. The first-order valence-corrected chi connectivity index (χ1v) is 22.9. The van der Waals surface area contributed by atoms with Gasteiger partial charge in [0.05, 0.1) is 34.8 Å². The van der Waals surface area contributed by atoms with Crippen molar-refractivity contribution in [3.63, 3.8) is 0 Å². The molecule has 4 aromatic rings. The number of thiazole rings is 1. The number of hydrogen-bond donors (Lipinski definition) is 3. The fourth-order valence-electron chi connectivity index (χ4n) is 8.65. The Hall–Kier alpha value is -5.65. The van der Waals surface area contributed by atoms with Crippen molar-refractivity contribution in [2.24, 2.45) is 11.3 Å². The molecule has 0 saturated carbocycles. The van der Waals surface area contributed by atoms with Crippen LogP contribution in [0.2, 0.25) is 0 Å². The van der Waals surface area contributed by atoms with E-state index in [-0.39, 0.29) is 44.0 Å². The number of methoxy groups -OCH3 is 1. The Bertz CT molecular complexity index is 2370. The average Bonchev–Trinajstić information content (AvgIpc) is 3.88. The molecule has 2 aliphatic heterocycles. The third kappa shape index (κ3) is 10.5. The summed E-state index contributed by atoms with van der Waals surface area (Å²) in [7, 11) is 4.81. The molecule has 5 heterocycles. The topological polar surface area (TPSA) is 180 Å². The Kier molecular flexibility index (Phi) is 15.3. The molecule has 6 bridgehead atoms. The average molecular weight is 898 g/mol. The number of rotatable bonds is 12. The molecule has 64 heavy (non-hydrogen) atoms. The van der Waals surface area contributed by atoms with Crippen molar-refractivity contribution >= 4 is 52.0 Å². The summed E-state index contributed by atoms with van der Waals surface area (Å²) in [6.45, 7) is 16.9. The van der Waals surface area contributed by atoms with Gasteiger partial charge in [0.1, 0.15) is 18.1 Å². The fraction of sp³-hybridized carbons (Fsp3) is 0.511. The zero-order valence-corrected chi connectivity index (χ0v) is 39.3. The number of hydrogen-bond acceptors (Lipinski definition) is 11. The SMILES string of the molecule is C=CC(=O)NCCN(C)C(=O)N(C)[C@H](C(=O)N[C@H]1Cc2nc(cs2)-c2ccc3c(c2)c(c(-c2cccnc2[C@H](C)OC)n3CC)CC(C)(C)COC(=O)[C@@H]2CCCN(N2)C1=O)C(C)C. The maximum Gasteiger partial charge on any atom is 0.324 e. The number of carbonyl (C=O) groups excluding carboxylic acids is 5. The van der Waals surface area contributed by atoms with Gasteiger partial charge < -0.3 is 34.5 Å². The predicted molar refractivity (Wildman–Crippen MR) is 247 cm³/mol. The van der Waals surface area contributed by atoms with Gasteiger partial charge in [-0.3, -0.25) is 29.2 Å². The van der Waals surface area contributed by atoms with Crippen LogP contribution in [0.5, 0.6) is 0 Å². The van der Waals surface area contributed by atoms with Crippen LogP contribution < -0.4 is 16.1 Å². The Morgan fingerprint density at radius 2 is 1.94 bits per heavy atom. The number of nitrogens with zero attached hydrogens (tertiary/aromatic N) is 6. The van der Waals surface area contributed by atoms with E-state index in [1.54, 1.807) is 27.4 Å². The van der Waals surface area contributed by atoms with E-state index < -0.39 is 47.4 Å². The van der Waals surface area contributed by atoms with Crippen molar-refractivity contribution in [1.29, 1.82) is 0 Å². The molecule has 3 aromatic heterocycles. The first kappa shape index (κ1) is 47.8. The molecule has 6 rings (SSSR count). The number of fused-ring (bicyclic) bond motifs is 6. The van der Waals surface area contributed by atoms with Crippen molar-refractivity contribution < 1.29 is 33.4 Å². The van der Waals surface area contributed by atoms with Crippen LogP contribution in [-0.2, 0) is 48.0 Å². The largest absolute Gasteiger partial charge is 0.464 e. The predicted octanol–water partition coefficient (Wildman–Crippen LogP) is 5.51. The molecule has 5 amide bonds. The second-order valence-electron chi connectivity index (χ2n) is 17.8. The standard InChI is InChI=1S/C47H63N9O7S/c1-11-38(57)48-20-22-53(8)46(61)54(9)41(28(3)4)43(58)51-35-24-39-50-36(26-64-39)30-17-18-37-32(23-30)33(42(55(37)12-2)31-15-13-19-49-40(31)29(5)62-10)25-47(6,7)27-63-45(60)34-16-14-21-56(52-34)44(35)59/h11,13,15,17-19,23,26,28-29,34-35,41,52H,1,12,14,16,20-22,24-25,27H2,2-10H3,(H,48,57)(H,51,58)/t29-,34-,35-,41-/m0/s1. The van der Waals surface area contributed by atoms with E-state index in [2.05, 4.69) is 72.2 Å². The van der Waals surface area contributed by atoms with Crippen molar-refractivity contribution in [1.82, 2.24) is 45.4 Å². The van der Waals surface area contributed by atoms with Crippen LogP contribution in [0.1, 0.15) is 76.8 Å². The Morgan fingerprint density at radius 1 is 1.17 bits per heavy atom. The van der Waals surface area contributed by atoms with Crippen molar-refractivity contribution in [3.8, 4) is 22.5 Å². The smallest absolute Gasteiger partial charge is 0.324 e. The lowest BCUT2D eigenvalue weighted by atomic mass is 9.84. The molecule has 0 unspecified atom stereocenters. The summed E-state index contributed by atoms with van der Waals surface area (Å²) < 4.78 is 14.2. The first-order chi connectivity index (χ1) is 30.5. The van der Waals surface area contributed by atoms with Crippen LogP contribution >= 0.6 is 11.3 Å². The molecule has 344 valence electrons. The molecule has 4 atom stereocenters. The number of ether oxygens (including phenoxy) is 2. The quantitative estimate of drug-likeness (QED) is 0.121. The normalized spacial score (nSPS) is 18.8. The van der Waals surface area contributed by atoms with E-state index in [0.29, 0.717) is 37.4 Å². The van der Waals surface area contributed by atoms with Gasteiger partial charge in [-0.1, -0.05) is 40.3 Å². The Morgan fingerprint density at radius 3 is 2.64 bits per heavy atom. The number of cyclic esters (lactones) is 1. The summed E-state index contributed by atoms with van der Waals surface area (Å²) >= 11 is 1.39. The number of urea groups is 1. The highest BCUT2D eigenvalue weighted by Crippen LogP contribution is 2.42. The third-order valence-corrected chi connectivity index (χ3v) is 12.9. The summed E-state index contributed by atoms with van der Waals surface area (Å²) in [6, 6.07) is 7.10. The van der Waals surface area contributed by atoms with Gasteiger partial charge in [-0.15, -0.1) is 11.3 Å². The molecule has 1 aromatic carbocycles. The van der Waals surface area contributed by atoms with E-state index in [0.717, 1.165) is 50.8 Å². The van der Waals surface area contributed by atoms with Crippen LogP contribution in [0.25, 0.3) is 33.4 Å². The van der Waals surface area contributed by atoms with E-state index in [1.165, 1.54) is 26.1 Å². The fourth-order valence-corrected chi connectivity index (χ4v) is 9.50. The van der Waals surface area contributed by atoms with Crippen LogP contribution in [0.3, 0.4) is 0 Å². The maximum absolute atomic E-state index is 14.6. The van der Waals surface area contributed by atoms with E-state index in [9.17, 15) is 24.0 Å². The first-order valence-electron chi connectivity index (χ1n) is 22.0. The van der Waals surface area contributed by atoms with Crippen LogP contribution in [0.4, 0.5) is 4.79 Å². The minimum absolute atomic E-state index is 0.0629. The number of aryl methyl sites for hydroxylation is 1. The molecular formula is C47H63N9O7S. The molecule has 0 radical (unpaired) electrons. The molecule has 2 aliphatic rings. The number of nitrogens with one attached hydrogen (secondary N) is 3. The third-order valence-electron chi connectivity index (χ3n) is 12.0. The second-order valence-corrected chi connectivity index (χ2v) is 18.7. The van der Waals surface area contributed by atoms with Gasteiger partial charge in [0, 0.05) is 92.8 Å². The summed E-state index contributed by atoms with van der Waals surface area (Å²) in [4.78, 5) is 80.6. The zero-order chi connectivity index (χ0) is 46.5. The zero-order valence-electron chi connectivity index (χ0n) is 38.5. The maximum atomic E-state index is 14.6. The molecule has 16 nitrogen and oxygen atoms in total. The van der Waals surface area contributed by atoms with Crippen molar-refractivity contribution in [3.05, 3.63) is 70.8 Å². The Labute approximate surface area is 379 Å². The van der Waals surface area contributed by atoms with Gasteiger partial charge in [0.25, 0.3) is 5.91 Å². The van der Waals surface area contributed by atoms with Crippen LogP contribution in [0.15, 0.2) is 54.6 Å². The van der Waals surface area contributed by atoms with Crippen LogP contribution in [0, 0.1) is 11.3 Å². The number of hydrazine groups is 1. The number of amides is 5. The second kappa shape index (κ2) is 20.5. The van der Waals surface area contributed by atoms with Gasteiger partial charge in [0.15, 0.2) is 0 Å². The number of benzene rings is 1. The molecule has 0 spiro atoms. The lowest BCUT2D eigenvalue weighted by Gasteiger charge is -2.37. The summed E-state index contributed by atoms with van der Waals surface area (Å²) in [5.74, 6) is -2.11. The number of esters is 1. The van der Waals surface area contributed by atoms with Crippen molar-refractivity contribution in [2.45, 2.75) is 98.0 Å². The lowest BCUT2D eigenvalue weighted by molar-refractivity contribution is -0.155. The van der Waals surface area contributed by atoms with Gasteiger partial charge in [-0.25, -0.2) is 15.2 Å². The van der Waals surface area contributed by atoms with E-state index in [1.807, 2.05) is 32.2 Å². The minimum Gasteiger partial charge on any atom is -0.464 e. The molecule has 17 heteroatoms. The van der Waals surface area contributed by atoms with Gasteiger partial charge in [0.2, 0.25) is 11.8 Å². The van der Waals surface area contributed by atoms with E-state index >= 15 is 0 Å². The van der Waals surface area contributed by atoms with Gasteiger partial charge in [-0.05, 0) is 74.9 Å². The van der Waals surface area contributed by atoms with Crippen molar-refractivity contribution in [2.75, 3.05) is 47.4 Å². The van der Waals surface area contributed by atoms with Crippen LogP contribution in [-0.4, -0.2) is 125 Å². The molecule has 1 fully saturated rings. The summed E-state index contributed by atoms with van der Waals surface area (Å²) in [5.41, 5.74) is 9.20. The highest BCUT2D eigenvalue weighted by Gasteiger charge is 2.38. The monoisotopic (exact) mass is 897 g/mol. The number of pyridine rings is 1. The molecular weight excluding hydrogens is 835 g/mol. The van der Waals surface area contributed by atoms with Gasteiger partial charge >= 0.3 is 12.0 Å². The highest BCUT2D eigenvalue weighted by atomic mass is 32.1. The molecule has 0 aliphatic carbocycles. The highest BCUT2D eigenvalue weighted by molar-refractivity contribution is 7.10. The molecule has 1 saturated heterocycles. The Balaban J connectivity index is 1.40. The summed E-state index contributed by atoms with van der Waals surface area (Å²) in [6.07, 6.45) is 4.31. The number of aromatic nitrogens is 3. The minimum atomic E-state index is -1.10. The number of likely N-dealkylation sites (N-methyl/N-ethyl adjacent to an activating group) is 2. The molecule has 3 N–H and O–H groups in total. The van der Waals surface area contributed by atoms with Gasteiger partial charge in [-0.2, -0.15) is 0 Å². The number of carbonyl (C=O) groups is 5.